The van der Waals surface area contributed by atoms with Crippen molar-refractivity contribution in [1.82, 2.24) is 15.2 Å². The molecule has 0 atom stereocenters. The second kappa shape index (κ2) is 9.66. The molecule has 3 aromatic rings. The van der Waals surface area contributed by atoms with Crippen molar-refractivity contribution in [3.63, 3.8) is 0 Å². The second-order valence-electron chi connectivity index (χ2n) is 7.39. The first-order chi connectivity index (χ1) is 15.0. The number of carbonyl (C=O) groups excluding carboxylic acids is 2. The minimum Gasteiger partial charge on any atom is -0.497 e. The number of halogens is 1. The highest BCUT2D eigenvalue weighted by Crippen LogP contribution is 2.38. The maximum Gasteiger partial charge on any atom is 0.268 e. The Bertz CT molecular complexity index is 1100. The van der Waals surface area contributed by atoms with Crippen molar-refractivity contribution in [2.75, 3.05) is 26.7 Å². The van der Waals surface area contributed by atoms with E-state index in [1.165, 1.54) is 11.8 Å². The van der Waals surface area contributed by atoms with Gasteiger partial charge in [-0.1, -0.05) is 23.4 Å². The number of fused-ring (bicyclic) bond motifs is 1. The lowest BCUT2D eigenvalue weighted by atomic mass is 10.2. The Morgan fingerprint density at radius 2 is 2.06 bits per heavy atom. The number of hydrogen-bond acceptors (Lipinski definition) is 4. The second-order valence-corrected chi connectivity index (χ2v) is 8.91. The van der Waals surface area contributed by atoms with Gasteiger partial charge in [-0.05, 0) is 49.2 Å². The average molecular weight is 458 g/mol. The van der Waals surface area contributed by atoms with Crippen LogP contribution in [0.15, 0.2) is 52.3 Å². The molecule has 0 radical (unpaired) electrons. The quantitative estimate of drug-likeness (QED) is 0.480. The molecule has 0 saturated carbocycles. The lowest BCUT2D eigenvalue weighted by Gasteiger charge is -2.15. The molecule has 0 spiro atoms. The average Bonchev–Trinajstić information content (AvgIpc) is 3.35. The number of benzene rings is 2. The van der Waals surface area contributed by atoms with Crippen molar-refractivity contribution in [3.8, 4) is 5.75 Å². The highest BCUT2D eigenvalue weighted by molar-refractivity contribution is 7.99. The molecule has 1 aliphatic rings. The summed E-state index contributed by atoms with van der Waals surface area (Å²) in [7, 11) is 1.62. The Balaban J connectivity index is 1.52. The minimum atomic E-state index is -0.167. The first kappa shape index (κ1) is 21.6. The number of H-pyrrole nitrogens is 1. The third-order valence-corrected chi connectivity index (χ3v) is 6.67. The molecule has 4 rings (SSSR count). The van der Waals surface area contributed by atoms with Crippen molar-refractivity contribution in [2.24, 2.45) is 0 Å². The standard InChI is InChI=1S/C23H24ClN3O3S/c1-30-16-7-10-18-19(14-16)26-21(22(18)31-17-8-5-15(24)6-9-17)23(29)25-11-3-13-27-12-2-4-20(27)28/h5-10,14,26H,2-4,11-13H2,1H3,(H,25,29). The van der Waals surface area contributed by atoms with Crippen LogP contribution in [0.5, 0.6) is 5.75 Å². The maximum absolute atomic E-state index is 13.0. The smallest absolute Gasteiger partial charge is 0.268 e. The molecular weight excluding hydrogens is 434 g/mol. The number of likely N-dealkylation sites (tertiary alicyclic amines) is 1. The summed E-state index contributed by atoms with van der Waals surface area (Å²) in [6, 6.07) is 13.3. The van der Waals surface area contributed by atoms with E-state index in [0.717, 1.165) is 45.8 Å². The van der Waals surface area contributed by atoms with Crippen LogP contribution in [0.3, 0.4) is 0 Å². The van der Waals surface area contributed by atoms with Gasteiger partial charge in [-0.2, -0.15) is 0 Å². The van der Waals surface area contributed by atoms with E-state index in [1.54, 1.807) is 7.11 Å². The molecule has 2 N–H and O–H groups in total. The predicted molar refractivity (Wildman–Crippen MR) is 123 cm³/mol. The number of aromatic nitrogens is 1. The third-order valence-electron chi connectivity index (χ3n) is 5.28. The molecular formula is C23H24ClN3O3S. The van der Waals surface area contributed by atoms with Crippen molar-refractivity contribution in [1.29, 1.82) is 0 Å². The molecule has 0 aliphatic carbocycles. The number of nitrogens with one attached hydrogen (secondary N) is 2. The van der Waals surface area contributed by atoms with E-state index in [-0.39, 0.29) is 11.8 Å². The largest absolute Gasteiger partial charge is 0.497 e. The highest BCUT2D eigenvalue weighted by atomic mass is 35.5. The van der Waals surface area contributed by atoms with Gasteiger partial charge in [0.1, 0.15) is 11.4 Å². The molecule has 0 unspecified atom stereocenters. The van der Waals surface area contributed by atoms with Crippen molar-refractivity contribution in [3.05, 3.63) is 53.2 Å². The van der Waals surface area contributed by atoms with Crippen LogP contribution >= 0.6 is 23.4 Å². The lowest BCUT2D eigenvalue weighted by molar-refractivity contribution is -0.127. The van der Waals surface area contributed by atoms with Crippen LogP contribution in [0.1, 0.15) is 29.8 Å². The van der Waals surface area contributed by atoms with Crippen LogP contribution in [0, 0.1) is 0 Å². The zero-order valence-corrected chi connectivity index (χ0v) is 18.8. The van der Waals surface area contributed by atoms with Crippen LogP contribution < -0.4 is 10.1 Å². The van der Waals surface area contributed by atoms with Gasteiger partial charge in [0.05, 0.1) is 17.5 Å². The van der Waals surface area contributed by atoms with Gasteiger partial charge in [0, 0.05) is 47.4 Å². The number of aromatic amines is 1. The van der Waals surface area contributed by atoms with Crippen molar-refractivity contribution < 1.29 is 14.3 Å². The third kappa shape index (κ3) is 4.99. The highest BCUT2D eigenvalue weighted by Gasteiger charge is 2.21. The zero-order chi connectivity index (χ0) is 21.8. The molecule has 162 valence electrons. The van der Waals surface area contributed by atoms with Gasteiger partial charge in [0.2, 0.25) is 5.91 Å². The monoisotopic (exact) mass is 457 g/mol. The Kier molecular flexibility index (Phi) is 6.73. The Morgan fingerprint density at radius 3 is 2.77 bits per heavy atom. The lowest BCUT2D eigenvalue weighted by Crippen LogP contribution is -2.30. The topological polar surface area (TPSA) is 74.4 Å². The predicted octanol–water partition coefficient (Wildman–Crippen LogP) is 4.72. The molecule has 1 saturated heterocycles. The van der Waals surface area contributed by atoms with Crippen LogP contribution in [-0.2, 0) is 4.79 Å². The van der Waals surface area contributed by atoms with Gasteiger partial charge >= 0.3 is 0 Å². The van der Waals surface area contributed by atoms with Crippen LogP contribution in [0.2, 0.25) is 5.02 Å². The molecule has 2 heterocycles. The van der Waals surface area contributed by atoms with E-state index in [4.69, 9.17) is 16.3 Å². The number of hydrogen-bond donors (Lipinski definition) is 2. The van der Waals surface area contributed by atoms with Gasteiger partial charge in [0.25, 0.3) is 5.91 Å². The van der Waals surface area contributed by atoms with E-state index in [1.807, 2.05) is 47.4 Å². The normalized spacial score (nSPS) is 13.7. The number of amides is 2. The molecule has 1 fully saturated rings. The molecule has 0 bridgehead atoms. The van der Waals surface area contributed by atoms with E-state index in [0.29, 0.717) is 30.2 Å². The first-order valence-electron chi connectivity index (χ1n) is 10.2. The van der Waals surface area contributed by atoms with E-state index in [9.17, 15) is 9.59 Å². The summed E-state index contributed by atoms with van der Waals surface area (Å²) in [5, 5.41) is 4.61. The fraction of sp³-hybridized carbons (Fsp3) is 0.304. The SMILES string of the molecule is COc1ccc2c(Sc3ccc(Cl)cc3)c(C(=O)NCCCN3CCCC3=O)[nH]c2c1. The van der Waals surface area contributed by atoms with Gasteiger partial charge < -0.3 is 19.9 Å². The maximum atomic E-state index is 13.0. The minimum absolute atomic E-state index is 0.167. The number of carbonyl (C=O) groups is 2. The number of ether oxygens (including phenoxy) is 1. The van der Waals surface area contributed by atoms with E-state index < -0.39 is 0 Å². The number of rotatable bonds is 8. The molecule has 2 aromatic carbocycles. The molecule has 8 heteroatoms. The summed E-state index contributed by atoms with van der Waals surface area (Å²) in [5.41, 5.74) is 1.35. The number of nitrogens with zero attached hydrogens (tertiary/aromatic N) is 1. The van der Waals surface area contributed by atoms with Crippen molar-refractivity contribution >= 4 is 46.1 Å². The van der Waals surface area contributed by atoms with Gasteiger partial charge in [-0.15, -0.1) is 0 Å². The van der Waals surface area contributed by atoms with Crippen LogP contribution in [0.25, 0.3) is 10.9 Å². The molecule has 2 amide bonds. The van der Waals surface area contributed by atoms with Crippen molar-refractivity contribution in [2.45, 2.75) is 29.1 Å². The summed E-state index contributed by atoms with van der Waals surface area (Å²) in [6.07, 6.45) is 2.29. The Labute approximate surface area is 190 Å². The molecule has 31 heavy (non-hydrogen) atoms. The Hall–Kier alpha value is -2.64. The summed E-state index contributed by atoms with van der Waals surface area (Å²) < 4.78 is 5.33. The fourth-order valence-electron chi connectivity index (χ4n) is 3.66. The van der Waals surface area contributed by atoms with E-state index in [2.05, 4.69) is 10.3 Å². The summed E-state index contributed by atoms with van der Waals surface area (Å²) >= 11 is 7.53. The van der Waals surface area contributed by atoms with Crippen LogP contribution in [-0.4, -0.2) is 48.4 Å². The summed E-state index contributed by atoms with van der Waals surface area (Å²) in [6.45, 7) is 2.00. The van der Waals surface area contributed by atoms with Crippen LogP contribution in [0.4, 0.5) is 0 Å². The Morgan fingerprint density at radius 1 is 1.26 bits per heavy atom. The van der Waals surface area contributed by atoms with Gasteiger partial charge in [0.15, 0.2) is 0 Å². The summed E-state index contributed by atoms with van der Waals surface area (Å²) in [4.78, 5) is 31.7. The zero-order valence-electron chi connectivity index (χ0n) is 17.2. The van der Waals surface area contributed by atoms with E-state index >= 15 is 0 Å². The molecule has 1 aromatic heterocycles. The first-order valence-corrected chi connectivity index (χ1v) is 11.4. The molecule has 1 aliphatic heterocycles. The fourth-order valence-corrected chi connectivity index (χ4v) is 4.83. The summed E-state index contributed by atoms with van der Waals surface area (Å²) in [5.74, 6) is 0.760. The van der Waals surface area contributed by atoms with Gasteiger partial charge in [-0.25, -0.2) is 0 Å². The molecule has 6 nitrogen and oxygen atoms in total. The van der Waals surface area contributed by atoms with Gasteiger partial charge in [-0.3, -0.25) is 9.59 Å². The number of methoxy groups -OCH3 is 1.